The zero-order valence-electron chi connectivity index (χ0n) is 13.1. The number of aryl methyl sites for hydroxylation is 2. The summed E-state index contributed by atoms with van der Waals surface area (Å²) in [5, 5.41) is 0. The van der Waals surface area contributed by atoms with Gasteiger partial charge in [0.25, 0.3) is 0 Å². The Bertz CT molecular complexity index is 799. The summed E-state index contributed by atoms with van der Waals surface area (Å²) in [5.41, 5.74) is 2.18. The maximum absolute atomic E-state index is 13.3. The smallest absolute Gasteiger partial charge is 0.186 e. The van der Waals surface area contributed by atoms with Crippen LogP contribution in [0, 0.1) is 37.5 Å². The highest BCUT2D eigenvalue weighted by atomic mass is 16.6. The van der Waals surface area contributed by atoms with Gasteiger partial charge in [0.1, 0.15) is 0 Å². The van der Waals surface area contributed by atoms with Crippen LogP contribution in [0.4, 0.5) is 0 Å². The van der Waals surface area contributed by atoms with Gasteiger partial charge in [-0.1, -0.05) is 18.2 Å². The number of carbonyl (C=O) groups excluding carboxylic acids is 2. The van der Waals surface area contributed by atoms with Crippen LogP contribution in [0.15, 0.2) is 18.2 Å². The van der Waals surface area contributed by atoms with E-state index in [9.17, 15) is 9.59 Å². The van der Waals surface area contributed by atoms with Gasteiger partial charge in [0.05, 0.1) is 12.2 Å². The van der Waals surface area contributed by atoms with Crippen molar-refractivity contribution in [3.05, 3.63) is 34.9 Å². The lowest BCUT2D eigenvalue weighted by Crippen LogP contribution is -2.50. The molecule has 118 valence electrons. The summed E-state index contributed by atoms with van der Waals surface area (Å²) in [6.07, 6.45) is 0.892. The summed E-state index contributed by atoms with van der Waals surface area (Å²) in [5.74, 6) is 0.444. The first-order chi connectivity index (χ1) is 11.0. The molecule has 0 radical (unpaired) electrons. The van der Waals surface area contributed by atoms with E-state index in [1.807, 2.05) is 32.0 Å². The average molecular weight is 310 g/mol. The van der Waals surface area contributed by atoms with E-state index < -0.39 is 11.7 Å². The molecule has 3 saturated carbocycles. The number of fused-ring (bicyclic) bond motifs is 9. The fourth-order valence-electron chi connectivity index (χ4n) is 5.74. The van der Waals surface area contributed by atoms with Gasteiger partial charge in [0.2, 0.25) is 0 Å². The standard InChI is InChI=1S/C19H18O4/c1-7-3-4-9(5-8(7)2)19-17(21)13-11-6-10(15-16(11)22-15)12(13)14(20)18(19)23-19/h3-5,10-13,15-16,18H,6H2,1-2H3/t10-,11-,12-,13+,15+,16+,18-,19-/m1/s1. The molecule has 0 amide bonds. The van der Waals surface area contributed by atoms with Crippen LogP contribution in [0.2, 0.25) is 0 Å². The molecule has 2 heterocycles. The molecule has 0 N–H and O–H groups in total. The Morgan fingerprint density at radius 1 is 1.04 bits per heavy atom. The molecule has 23 heavy (non-hydrogen) atoms. The van der Waals surface area contributed by atoms with Crippen molar-refractivity contribution in [1.82, 2.24) is 0 Å². The lowest BCUT2D eigenvalue weighted by molar-refractivity contribution is -0.140. The van der Waals surface area contributed by atoms with Crippen LogP contribution in [0.5, 0.6) is 0 Å². The van der Waals surface area contributed by atoms with E-state index in [0.717, 1.165) is 17.5 Å². The second kappa shape index (κ2) is 3.60. The van der Waals surface area contributed by atoms with Crippen LogP contribution in [-0.4, -0.2) is 29.9 Å². The summed E-state index contributed by atoms with van der Waals surface area (Å²) >= 11 is 0. The van der Waals surface area contributed by atoms with Crippen molar-refractivity contribution < 1.29 is 19.1 Å². The fraction of sp³-hybridized carbons (Fsp3) is 0.579. The highest BCUT2D eigenvalue weighted by molar-refractivity contribution is 6.10. The topological polar surface area (TPSA) is 59.2 Å². The second-order valence-electron chi connectivity index (χ2n) is 7.98. The molecule has 0 aromatic heterocycles. The monoisotopic (exact) mass is 310 g/mol. The van der Waals surface area contributed by atoms with Gasteiger partial charge in [-0.15, -0.1) is 0 Å². The molecule has 4 nitrogen and oxygen atoms in total. The molecule has 5 aliphatic rings. The van der Waals surface area contributed by atoms with Gasteiger partial charge in [-0.3, -0.25) is 9.59 Å². The number of Topliss-reactive ketones (excluding diaryl/α,β-unsaturated/α-hetero) is 2. The quantitative estimate of drug-likeness (QED) is 0.741. The number of hydrogen-bond acceptors (Lipinski definition) is 4. The minimum Gasteiger partial charge on any atom is -0.369 e. The third-order valence-corrected chi connectivity index (χ3v) is 7.07. The number of hydrogen-bond donors (Lipinski definition) is 0. The number of ether oxygens (including phenoxy) is 2. The summed E-state index contributed by atoms with van der Waals surface area (Å²) in [7, 11) is 0. The van der Waals surface area contributed by atoms with Crippen molar-refractivity contribution in [2.24, 2.45) is 23.7 Å². The largest absolute Gasteiger partial charge is 0.369 e. The van der Waals surface area contributed by atoms with Gasteiger partial charge in [-0.25, -0.2) is 0 Å². The van der Waals surface area contributed by atoms with Gasteiger partial charge in [-0.2, -0.15) is 0 Å². The molecule has 4 heteroatoms. The second-order valence-corrected chi connectivity index (χ2v) is 7.98. The average Bonchev–Trinajstić information content (AvgIpc) is 3.43. The predicted octanol–water partition coefficient (Wildman–Crippen LogP) is 1.70. The number of benzene rings is 1. The molecular formula is C19H18O4. The number of epoxide rings is 2. The first-order valence-corrected chi connectivity index (χ1v) is 8.53. The summed E-state index contributed by atoms with van der Waals surface area (Å²) in [4.78, 5) is 26.3. The van der Waals surface area contributed by atoms with Gasteiger partial charge in [-0.05, 0) is 48.8 Å². The van der Waals surface area contributed by atoms with Crippen molar-refractivity contribution in [3.8, 4) is 0 Å². The molecule has 8 atom stereocenters. The molecule has 0 spiro atoms. The minimum absolute atomic E-state index is 0.136. The molecule has 1 aromatic rings. The maximum Gasteiger partial charge on any atom is 0.186 e. The van der Waals surface area contributed by atoms with Crippen LogP contribution in [-0.2, 0) is 24.7 Å². The molecule has 2 bridgehead atoms. The minimum atomic E-state index is -0.994. The summed E-state index contributed by atoms with van der Waals surface area (Å²) < 4.78 is 11.5. The molecule has 1 aromatic carbocycles. The number of carbonyl (C=O) groups is 2. The zero-order chi connectivity index (χ0) is 15.7. The molecule has 5 fully saturated rings. The lowest BCUT2D eigenvalue weighted by atomic mass is 9.64. The molecule has 6 rings (SSSR count). The van der Waals surface area contributed by atoms with Crippen LogP contribution >= 0.6 is 0 Å². The molecular weight excluding hydrogens is 292 g/mol. The Morgan fingerprint density at radius 2 is 1.78 bits per heavy atom. The summed E-state index contributed by atoms with van der Waals surface area (Å²) in [6.45, 7) is 4.08. The third-order valence-electron chi connectivity index (χ3n) is 7.07. The molecule has 3 aliphatic carbocycles. The normalized spacial score (nSPS) is 51.3. The third kappa shape index (κ3) is 1.26. The zero-order valence-corrected chi connectivity index (χ0v) is 13.1. The van der Waals surface area contributed by atoms with Gasteiger partial charge in [0, 0.05) is 11.8 Å². The van der Waals surface area contributed by atoms with E-state index in [2.05, 4.69) is 0 Å². The van der Waals surface area contributed by atoms with E-state index >= 15 is 0 Å². The van der Waals surface area contributed by atoms with E-state index in [-0.39, 0.29) is 47.4 Å². The van der Waals surface area contributed by atoms with Crippen molar-refractivity contribution >= 4 is 11.6 Å². The predicted molar refractivity (Wildman–Crippen MR) is 79.7 cm³/mol. The van der Waals surface area contributed by atoms with Crippen molar-refractivity contribution in [3.63, 3.8) is 0 Å². The van der Waals surface area contributed by atoms with E-state index in [1.54, 1.807) is 0 Å². The van der Waals surface area contributed by atoms with Gasteiger partial charge >= 0.3 is 0 Å². The van der Waals surface area contributed by atoms with E-state index in [0.29, 0.717) is 0 Å². The lowest BCUT2D eigenvalue weighted by Gasteiger charge is -2.32. The Labute approximate surface area is 134 Å². The highest BCUT2D eigenvalue weighted by Crippen LogP contribution is 2.68. The van der Waals surface area contributed by atoms with E-state index in [4.69, 9.17) is 9.47 Å². The van der Waals surface area contributed by atoms with Crippen LogP contribution in [0.1, 0.15) is 23.1 Å². The Hall–Kier alpha value is -1.52. The van der Waals surface area contributed by atoms with Crippen LogP contribution in [0.3, 0.4) is 0 Å². The van der Waals surface area contributed by atoms with Crippen LogP contribution < -0.4 is 0 Å². The van der Waals surface area contributed by atoms with E-state index in [1.165, 1.54) is 5.56 Å². The molecule has 0 unspecified atom stereocenters. The van der Waals surface area contributed by atoms with Crippen molar-refractivity contribution in [2.45, 2.75) is 44.2 Å². The molecule has 2 saturated heterocycles. The van der Waals surface area contributed by atoms with Crippen molar-refractivity contribution in [2.75, 3.05) is 0 Å². The highest BCUT2D eigenvalue weighted by Gasteiger charge is 2.81. The Balaban J connectivity index is 1.47. The first-order valence-electron chi connectivity index (χ1n) is 8.53. The maximum atomic E-state index is 13.3. The summed E-state index contributed by atoms with van der Waals surface area (Å²) in [6, 6.07) is 5.99. The fourth-order valence-corrected chi connectivity index (χ4v) is 5.74. The van der Waals surface area contributed by atoms with Crippen molar-refractivity contribution in [1.29, 1.82) is 0 Å². The Morgan fingerprint density at radius 3 is 2.52 bits per heavy atom. The SMILES string of the molecule is Cc1ccc([C@]23O[C@@H]2C(=O)[C@@H]2[C@H]4C[C@@H]([C@@H]5O[C@@H]45)[C@@H]2C3=O)cc1C. The van der Waals surface area contributed by atoms with Gasteiger partial charge in [0.15, 0.2) is 23.3 Å². The van der Waals surface area contributed by atoms with Gasteiger partial charge < -0.3 is 9.47 Å². The number of rotatable bonds is 1. The van der Waals surface area contributed by atoms with Crippen LogP contribution in [0.25, 0.3) is 0 Å². The Kier molecular flexibility index (Phi) is 2.01. The number of ketones is 2. The first kappa shape index (κ1) is 12.8. The molecule has 2 aliphatic heterocycles.